The van der Waals surface area contributed by atoms with Crippen molar-refractivity contribution >= 4 is 15.9 Å². The van der Waals surface area contributed by atoms with E-state index in [1.54, 1.807) is 12.1 Å². The molecule has 0 radical (unpaired) electrons. The molecule has 1 aromatic carbocycles. The minimum Gasteiger partial charge on any atom is -0.388 e. The summed E-state index contributed by atoms with van der Waals surface area (Å²) in [4.78, 5) is 0. The van der Waals surface area contributed by atoms with Crippen LogP contribution in [-0.4, -0.2) is 9.67 Å². The molecule has 0 saturated carbocycles. The van der Waals surface area contributed by atoms with E-state index >= 15 is 0 Å². The summed E-state index contributed by atoms with van der Waals surface area (Å²) in [5.41, 5.74) is 1.49. The first-order valence-electron chi connectivity index (χ1n) is 5.88. The van der Waals surface area contributed by atoms with Gasteiger partial charge in [0.05, 0.1) is 6.10 Å². The number of hydrogen-bond acceptors (Lipinski definition) is 1. The van der Waals surface area contributed by atoms with E-state index in [2.05, 4.69) is 15.9 Å². The van der Waals surface area contributed by atoms with E-state index in [1.807, 2.05) is 30.0 Å². The molecule has 96 valence electrons. The monoisotopic (exact) mass is 311 g/mol. The van der Waals surface area contributed by atoms with Gasteiger partial charge in [-0.2, -0.15) is 0 Å². The summed E-state index contributed by atoms with van der Waals surface area (Å²) in [6, 6.07) is 6.76. The van der Waals surface area contributed by atoms with Crippen LogP contribution < -0.4 is 0 Å². The minimum atomic E-state index is -0.446. The highest BCUT2D eigenvalue weighted by atomic mass is 79.9. The molecule has 18 heavy (non-hydrogen) atoms. The largest absolute Gasteiger partial charge is 0.388 e. The molecule has 0 aliphatic carbocycles. The van der Waals surface area contributed by atoms with Crippen LogP contribution in [-0.2, 0) is 6.54 Å². The zero-order chi connectivity index (χ0) is 13.1. The van der Waals surface area contributed by atoms with Crippen molar-refractivity contribution in [3.8, 4) is 0 Å². The molecule has 0 amide bonds. The van der Waals surface area contributed by atoms with Gasteiger partial charge in [-0.25, -0.2) is 4.39 Å². The second kappa shape index (κ2) is 5.67. The van der Waals surface area contributed by atoms with Crippen molar-refractivity contribution in [2.75, 3.05) is 0 Å². The third kappa shape index (κ3) is 3.00. The number of halogens is 2. The molecule has 0 fully saturated rings. The van der Waals surface area contributed by atoms with Crippen molar-refractivity contribution in [2.24, 2.45) is 0 Å². The molecule has 2 aromatic rings. The SMILES string of the molecule is CCC(O)c1ccn(Cc2cc(Br)ccc2F)c1. The fraction of sp³-hybridized carbons (Fsp3) is 0.286. The second-order valence-electron chi connectivity index (χ2n) is 4.28. The van der Waals surface area contributed by atoms with Crippen LogP contribution in [0.15, 0.2) is 41.1 Å². The summed E-state index contributed by atoms with van der Waals surface area (Å²) < 4.78 is 16.3. The first kappa shape index (κ1) is 13.3. The van der Waals surface area contributed by atoms with E-state index in [4.69, 9.17) is 0 Å². The van der Waals surface area contributed by atoms with E-state index < -0.39 is 6.10 Å². The van der Waals surface area contributed by atoms with Crippen LogP contribution in [0.5, 0.6) is 0 Å². The van der Waals surface area contributed by atoms with E-state index in [1.165, 1.54) is 6.07 Å². The van der Waals surface area contributed by atoms with Gasteiger partial charge in [-0.3, -0.25) is 0 Å². The number of aliphatic hydroxyl groups excluding tert-OH is 1. The van der Waals surface area contributed by atoms with Crippen molar-refractivity contribution in [2.45, 2.75) is 26.0 Å². The summed E-state index contributed by atoms with van der Waals surface area (Å²) >= 11 is 3.33. The van der Waals surface area contributed by atoms with E-state index in [-0.39, 0.29) is 5.82 Å². The Kier molecular flexibility index (Phi) is 4.19. The molecule has 1 unspecified atom stereocenters. The van der Waals surface area contributed by atoms with Crippen molar-refractivity contribution in [3.05, 3.63) is 58.1 Å². The van der Waals surface area contributed by atoms with Gasteiger partial charge in [0.2, 0.25) is 0 Å². The number of aromatic nitrogens is 1. The van der Waals surface area contributed by atoms with Crippen LogP contribution in [0, 0.1) is 5.82 Å². The van der Waals surface area contributed by atoms with Crippen LogP contribution in [0.4, 0.5) is 4.39 Å². The molecule has 0 saturated heterocycles. The molecule has 1 aromatic heterocycles. The van der Waals surface area contributed by atoms with Gasteiger partial charge in [-0.15, -0.1) is 0 Å². The van der Waals surface area contributed by atoms with Gasteiger partial charge in [0.1, 0.15) is 5.82 Å². The fourth-order valence-electron chi connectivity index (χ4n) is 1.85. The Balaban J connectivity index is 2.18. The molecule has 0 aliphatic heterocycles. The molecule has 0 spiro atoms. The Morgan fingerprint density at radius 1 is 1.39 bits per heavy atom. The molecule has 1 heterocycles. The molecule has 0 aliphatic rings. The van der Waals surface area contributed by atoms with E-state index in [0.717, 1.165) is 10.0 Å². The Bertz CT molecular complexity index is 538. The number of hydrogen-bond donors (Lipinski definition) is 1. The molecular formula is C14H15BrFNO. The zero-order valence-electron chi connectivity index (χ0n) is 10.1. The lowest BCUT2D eigenvalue weighted by atomic mass is 10.1. The summed E-state index contributed by atoms with van der Waals surface area (Å²) in [6.45, 7) is 2.39. The van der Waals surface area contributed by atoms with Crippen LogP contribution in [0.3, 0.4) is 0 Å². The average molecular weight is 312 g/mol. The number of benzene rings is 1. The van der Waals surface area contributed by atoms with E-state index in [0.29, 0.717) is 18.5 Å². The first-order chi connectivity index (χ1) is 8.60. The number of nitrogens with zero attached hydrogens (tertiary/aromatic N) is 1. The molecule has 1 atom stereocenters. The van der Waals surface area contributed by atoms with Crippen LogP contribution >= 0.6 is 15.9 Å². The summed E-state index contributed by atoms with van der Waals surface area (Å²) in [7, 11) is 0. The second-order valence-corrected chi connectivity index (χ2v) is 5.19. The van der Waals surface area contributed by atoms with Crippen molar-refractivity contribution in [3.63, 3.8) is 0 Å². The molecule has 2 rings (SSSR count). The lowest BCUT2D eigenvalue weighted by Crippen LogP contribution is -2.00. The lowest BCUT2D eigenvalue weighted by Gasteiger charge is -2.06. The smallest absolute Gasteiger partial charge is 0.128 e. The quantitative estimate of drug-likeness (QED) is 0.910. The Morgan fingerprint density at radius 2 is 2.17 bits per heavy atom. The van der Waals surface area contributed by atoms with Gasteiger partial charge in [0.15, 0.2) is 0 Å². The van der Waals surface area contributed by atoms with E-state index in [9.17, 15) is 9.50 Å². The number of aliphatic hydroxyl groups is 1. The molecule has 0 bridgehead atoms. The van der Waals surface area contributed by atoms with Crippen LogP contribution in [0.1, 0.15) is 30.6 Å². The molecular weight excluding hydrogens is 297 g/mol. The van der Waals surface area contributed by atoms with Gasteiger partial charge in [0, 0.05) is 29.0 Å². The van der Waals surface area contributed by atoms with Crippen molar-refractivity contribution < 1.29 is 9.50 Å². The average Bonchev–Trinajstić information content (AvgIpc) is 2.81. The third-order valence-corrected chi connectivity index (χ3v) is 3.40. The molecule has 4 heteroatoms. The maximum absolute atomic E-state index is 13.6. The van der Waals surface area contributed by atoms with Crippen LogP contribution in [0.25, 0.3) is 0 Å². The highest BCUT2D eigenvalue weighted by Gasteiger charge is 2.08. The highest BCUT2D eigenvalue weighted by molar-refractivity contribution is 9.10. The molecule has 2 nitrogen and oxygen atoms in total. The summed E-state index contributed by atoms with van der Waals surface area (Å²) in [5.74, 6) is -0.218. The third-order valence-electron chi connectivity index (χ3n) is 2.91. The fourth-order valence-corrected chi connectivity index (χ4v) is 2.26. The normalized spacial score (nSPS) is 12.7. The van der Waals surface area contributed by atoms with Gasteiger partial charge >= 0.3 is 0 Å². The van der Waals surface area contributed by atoms with Gasteiger partial charge < -0.3 is 9.67 Å². The maximum Gasteiger partial charge on any atom is 0.128 e. The minimum absolute atomic E-state index is 0.218. The van der Waals surface area contributed by atoms with Crippen molar-refractivity contribution in [1.82, 2.24) is 4.57 Å². The van der Waals surface area contributed by atoms with Gasteiger partial charge in [0.25, 0.3) is 0 Å². The first-order valence-corrected chi connectivity index (χ1v) is 6.67. The summed E-state index contributed by atoms with van der Waals surface area (Å²) in [6.07, 6.45) is 3.94. The molecule has 1 N–H and O–H groups in total. The maximum atomic E-state index is 13.6. The predicted octanol–water partition coefficient (Wildman–Crippen LogP) is 3.88. The van der Waals surface area contributed by atoms with Crippen molar-refractivity contribution in [1.29, 1.82) is 0 Å². The standard InChI is InChI=1S/C14H15BrFNO/c1-2-14(18)10-5-6-17(8-10)9-11-7-12(15)3-4-13(11)16/h3-8,14,18H,2,9H2,1H3. The number of rotatable bonds is 4. The topological polar surface area (TPSA) is 25.2 Å². The lowest BCUT2D eigenvalue weighted by molar-refractivity contribution is 0.173. The predicted molar refractivity (Wildman–Crippen MR) is 72.9 cm³/mol. The van der Waals surface area contributed by atoms with Crippen LogP contribution in [0.2, 0.25) is 0 Å². The van der Waals surface area contributed by atoms with Gasteiger partial charge in [-0.1, -0.05) is 22.9 Å². The highest BCUT2D eigenvalue weighted by Crippen LogP contribution is 2.19. The van der Waals surface area contributed by atoms with Gasteiger partial charge in [-0.05, 0) is 36.2 Å². The Hall–Kier alpha value is -1.13. The zero-order valence-corrected chi connectivity index (χ0v) is 11.7. The Morgan fingerprint density at radius 3 is 2.89 bits per heavy atom. The Labute approximate surface area is 114 Å². The summed E-state index contributed by atoms with van der Waals surface area (Å²) in [5, 5.41) is 9.71.